The van der Waals surface area contributed by atoms with Crippen LogP contribution in [0, 0.1) is 12.7 Å². The first kappa shape index (κ1) is 15.0. The number of benzene rings is 1. The highest BCUT2D eigenvalue weighted by molar-refractivity contribution is 5.31. The lowest BCUT2D eigenvalue weighted by Crippen LogP contribution is -2.31. The van der Waals surface area contributed by atoms with Crippen molar-refractivity contribution in [2.75, 3.05) is 6.54 Å². The topological polar surface area (TPSA) is 46.8 Å². The van der Waals surface area contributed by atoms with Crippen molar-refractivity contribution < 1.29 is 4.39 Å². The fourth-order valence-electron chi connectivity index (χ4n) is 3.03. The smallest absolute Gasteiger partial charge is 0.125 e. The van der Waals surface area contributed by atoms with Gasteiger partial charge in [0, 0.05) is 32.0 Å². The molecule has 0 atom stereocenters. The molecule has 0 fully saturated rings. The van der Waals surface area contributed by atoms with Gasteiger partial charge in [0.05, 0.1) is 17.1 Å². The average Bonchev–Trinajstić information content (AvgIpc) is 3.03. The number of halogens is 1. The molecule has 3 heterocycles. The van der Waals surface area contributed by atoms with Gasteiger partial charge in [0.2, 0.25) is 0 Å². The minimum atomic E-state index is -0.257. The highest BCUT2D eigenvalue weighted by Crippen LogP contribution is 2.18. The van der Waals surface area contributed by atoms with Crippen LogP contribution in [0.1, 0.15) is 22.8 Å². The predicted octanol–water partition coefficient (Wildman–Crippen LogP) is 2.67. The van der Waals surface area contributed by atoms with Crippen molar-refractivity contribution in [2.24, 2.45) is 0 Å². The number of hydrogen-bond donors (Lipinski definition) is 0. The Balaban J connectivity index is 1.49. The van der Waals surface area contributed by atoms with E-state index in [4.69, 9.17) is 0 Å². The molecule has 0 radical (unpaired) electrons. The van der Waals surface area contributed by atoms with Crippen LogP contribution in [0.2, 0.25) is 0 Å². The lowest BCUT2D eigenvalue weighted by molar-refractivity contribution is 0.237. The minimum Gasteiger partial charge on any atom is -0.291 e. The molecule has 0 saturated carbocycles. The zero-order valence-corrected chi connectivity index (χ0v) is 13.5. The second-order valence-corrected chi connectivity index (χ2v) is 6.08. The Kier molecular flexibility index (Phi) is 3.82. The predicted molar refractivity (Wildman–Crippen MR) is 88.1 cm³/mol. The highest BCUT2D eigenvalue weighted by Gasteiger charge is 2.19. The van der Waals surface area contributed by atoms with Gasteiger partial charge < -0.3 is 0 Å². The van der Waals surface area contributed by atoms with E-state index in [1.54, 1.807) is 10.7 Å². The number of rotatable bonds is 3. The van der Waals surface area contributed by atoms with E-state index in [-0.39, 0.29) is 5.82 Å². The van der Waals surface area contributed by atoms with Crippen molar-refractivity contribution in [1.82, 2.24) is 24.6 Å². The van der Waals surface area contributed by atoms with E-state index in [1.165, 1.54) is 17.7 Å². The molecule has 5 nitrogen and oxygen atoms in total. The summed E-state index contributed by atoms with van der Waals surface area (Å²) in [5.41, 5.74) is 4.04. The van der Waals surface area contributed by atoms with Gasteiger partial charge in [-0.1, -0.05) is 6.07 Å². The van der Waals surface area contributed by atoms with Crippen molar-refractivity contribution >= 4 is 0 Å². The molecule has 1 aromatic carbocycles. The number of fused-ring (bicyclic) bond motifs is 1. The number of nitrogens with zero attached hydrogens (tertiary/aromatic N) is 5. The summed E-state index contributed by atoms with van der Waals surface area (Å²) in [7, 11) is 0. The Morgan fingerprint density at radius 3 is 3.04 bits per heavy atom. The Hall–Kier alpha value is -2.60. The third kappa shape index (κ3) is 3.05. The van der Waals surface area contributed by atoms with Gasteiger partial charge in [0.1, 0.15) is 11.6 Å². The van der Waals surface area contributed by atoms with E-state index in [1.807, 2.05) is 31.5 Å². The van der Waals surface area contributed by atoms with Gasteiger partial charge in [0.25, 0.3) is 0 Å². The number of aryl methyl sites for hydroxylation is 1. The van der Waals surface area contributed by atoms with E-state index in [9.17, 15) is 4.39 Å². The second-order valence-electron chi connectivity index (χ2n) is 6.08. The Morgan fingerprint density at radius 2 is 2.17 bits per heavy atom. The fraction of sp³-hybridized carbons (Fsp3) is 0.278. The standard InChI is InChI=1S/C18H18FN5/c1-13-20-10-14-5-7-23(12-18(14)21-13)11-16-6-8-24(22-16)17-4-2-3-15(19)9-17/h2-4,6,8-10H,5,7,11-12H2,1H3. The highest BCUT2D eigenvalue weighted by atomic mass is 19.1. The maximum Gasteiger partial charge on any atom is 0.125 e. The summed E-state index contributed by atoms with van der Waals surface area (Å²) in [6, 6.07) is 8.43. The molecule has 1 aliphatic rings. The first-order chi connectivity index (χ1) is 11.7. The Morgan fingerprint density at radius 1 is 1.25 bits per heavy atom. The van der Waals surface area contributed by atoms with Crippen molar-refractivity contribution in [1.29, 1.82) is 0 Å². The van der Waals surface area contributed by atoms with Crippen LogP contribution >= 0.6 is 0 Å². The van der Waals surface area contributed by atoms with Crippen LogP contribution in [-0.2, 0) is 19.5 Å². The van der Waals surface area contributed by atoms with Crippen LogP contribution in [0.4, 0.5) is 4.39 Å². The third-order valence-corrected chi connectivity index (χ3v) is 4.25. The Labute approximate surface area is 139 Å². The molecule has 0 amide bonds. The van der Waals surface area contributed by atoms with Gasteiger partial charge in [-0.05, 0) is 43.2 Å². The fourth-order valence-corrected chi connectivity index (χ4v) is 3.03. The largest absolute Gasteiger partial charge is 0.291 e. The quantitative estimate of drug-likeness (QED) is 0.743. The van der Waals surface area contributed by atoms with E-state index >= 15 is 0 Å². The van der Waals surface area contributed by atoms with Gasteiger partial charge in [-0.15, -0.1) is 0 Å². The summed E-state index contributed by atoms with van der Waals surface area (Å²) in [6.07, 6.45) is 4.77. The van der Waals surface area contributed by atoms with E-state index in [0.29, 0.717) is 0 Å². The molecule has 0 aliphatic carbocycles. The molecule has 0 saturated heterocycles. The minimum absolute atomic E-state index is 0.257. The number of aromatic nitrogens is 4. The van der Waals surface area contributed by atoms with Crippen LogP contribution < -0.4 is 0 Å². The average molecular weight is 323 g/mol. The van der Waals surface area contributed by atoms with Gasteiger partial charge in [-0.2, -0.15) is 5.10 Å². The maximum absolute atomic E-state index is 13.3. The molecule has 0 unspecified atom stereocenters. The number of hydrogen-bond acceptors (Lipinski definition) is 4. The summed E-state index contributed by atoms with van der Waals surface area (Å²) in [5.74, 6) is 0.554. The summed E-state index contributed by atoms with van der Waals surface area (Å²) in [5, 5.41) is 4.56. The molecule has 0 N–H and O–H groups in total. The van der Waals surface area contributed by atoms with E-state index < -0.39 is 0 Å². The zero-order chi connectivity index (χ0) is 16.5. The Bertz CT molecular complexity index is 873. The normalized spacial score (nSPS) is 14.6. The summed E-state index contributed by atoms with van der Waals surface area (Å²) >= 11 is 0. The summed E-state index contributed by atoms with van der Waals surface area (Å²) in [4.78, 5) is 11.1. The maximum atomic E-state index is 13.3. The van der Waals surface area contributed by atoms with Crippen LogP contribution in [-0.4, -0.2) is 31.2 Å². The van der Waals surface area contributed by atoms with Crippen molar-refractivity contribution in [3.8, 4) is 5.69 Å². The summed E-state index contributed by atoms with van der Waals surface area (Å²) in [6.45, 7) is 4.45. The molecule has 24 heavy (non-hydrogen) atoms. The van der Waals surface area contributed by atoms with Crippen molar-refractivity contribution in [3.63, 3.8) is 0 Å². The van der Waals surface area contributed by atoms with Gasteiger partial charge in [-0.3, -0.25) is 4.90 Å². The van der Waals surface area contributed by atoms with Crippen molar-refractivity contribution in [2.45, 2.75) is 26.4 Å². The van der Waals surface area contributed by atoms with E-state index in [2.05, 4.69) is 20.0 Å². The second kappa shape index (κ2) is 6.13. The van der Waals surface area contributed by atoms with E-state index in [0.717, 1.165) is 49.0 Å². The molecule has 2 aromatic heterocycles. The SMILES string of the molecule is Cc1ncc2c(n1)CN(Cc1ccn(-c3cccc(F)c3)n1)CC2. The summed E-state index contributed by atoms with van der Waals surface area (Å²) < 4.78 is 15.1. The molecule has 4 rings (SSSR count). The zero-order valence-electron chi connectivity index (χ0n) is 13.5. The molecule has 122 valence electrons. The van der Waals surface area contributed by atoms with Gasteiger partial charge in [0.15, 0.2) is 0 Å². The monoisotopic (exact) mass is 323 g/mol. The van der Waals surface area contributed by atoms with Gasteiger partial charge in [-0.25, -0.2) is 19.0 Å². The molecule has 0 bridgehead atoms. The molecule has 1 aliphatic heterocycles. The lowest BCUT2D eigenvalue weighted by Gasteiger charge is -2.27. The molecular weight excluding hydrogens is 305 g/mol. The van der Waals surface area contributed by atoms with Crippen molar-refractivity contribution in [3.05, 3.63) is 71.3 Å². The molecule has 6 heteroatoms. The first-order valence-corrected chi connectivity index (χ1v) is 8.01. The van der Waals surface area contributed by atoms with Crippen LogP contribution in [0.25, 0.3) is 5.69 Å². The first-order valence-electron chi connectivity index (χ1n) is 8.01. The third-order valence-electron chi connectivity index (χ3n) is 4.25. The van der Waals surface area contributed by atoms with Crippen LogP contribution in [0.5, 0.6) is 0 Å². The van der Waals surface area contributed by atoms with Gasteiger partial charge >= 0.3 is 0 Å². The van der Waals surface area contributed by atoms with Crippen LogP contribution in [0.3, 0.4) is 0 Å². The molecule has 0 spiro atoms. The lowest BCUT2D eigenvalue weighted by atomic mass is 10.1. The molecular formula is C18H18FN5. The van der Waals surface area contributed by atoms with Crippen LogP contribution in [0.15, 0.2) is 42.7 Å². The molecule has 3 aromatic rings.